The van der Waals surface area contributed by atoms with E-state index < -0.39 is 10.8 Å². The van der Waals surface area contributed by atoms with Crippen LogP contribution in [0, 0.1) is 0 Å². The largest absolute Gasteiger partial charge is 0.479 e. The minimum absolute atomic E-state index is 0.624. The first-order valence-corrected chi connectivity index (χ1v) is 7.26. The van der Waals surface area contributed by atoms with E-state index in [9.17, 15) is 9.90 Å². The van der Waals surface area contributed by atoms with Gasteiger partial charge in [-0.05, 0) is 25.2 Å². The lowest BCUT2D eigenvalue weighted by Crippen LogP contribution is -2.48. The summed E-state index contributed by atoms with van der Waals surface area (Å²) in [5.74, 6) is -0.111. The van der Waals surface area contributed by atoms with Crippen molar-refractivity contribution >= 4 is 34.6 Å². The third-order valence-corrected chi connectivity index (χ3v) is 4.87. The number of carboxylic acid groups (broad SMARTS) is 1. The van der Waals surface area contributed by atoms with E-state index in [1.165, 1.54) is 18.1 Å². The summed E-state index contributed by atoms with van der Waals surface area (Å²) in [5.41, 5.74) is 0.734. The number of fused-ring (bicyclic) bond motifs is 1. The van der Waals surface area contributed by atoms with Crippen molar-refractivity contribution in [3.05, 3.63) is 18.6 Å². The van der Waals surface area contributed by atoms with Gasteiger partial charge >= 0.3 is 5.97 Å². The van der Waals surface area contributed by atoms with Crippen molar-refractivity contribution in [3.8, 4) is 0 Å². The molecule has 2 aromatic heterocycles. The molecule has 1 fully saturated rings. The van der Waals surface area contributed by atoms with Gasteiger partial charge in [0.15, 0.2) is 4.87 Å². The first-order chi connectivity index (χ1) is 9.19. The van der Waals surface area contributed by atoms with E-state index >= 15 is 0 Å². The molecular formula is C12H14N4O2S. The molecule has 0 radical (unpaired) electrons. The van der Waals surface area contributed by atoms with Crippen molar-refractivity contribution in [1.29, 1.82) is 0 Å². The number of anilines is 1. The number of aromatic amines is 1. The minimum atomic E-state index is -0.918. The summed E-state index contributed by atoms with van der Waals surface area (Å²) in [4.78, 5) is 24.1. The third-order valence-electron chi connectivity index (χ3n) is 3.59. The SMILES string of the molecule is CSC1(C(=O)O)CCCN1c1ncnc2[nH]ccc12. The van der Waals surface area contributed by atoms with Gasteiger partial charge in [0.2, 0.25) is 0 Å². The van der Waals surface area contributed by atoms with Crippen LogP contribution in [0.4, 0.5) is 5.82 Å². The van der Waals surface area contributed by atoms with Crippen LogP contribution >= 0.6 is 11.8 Å². The summed E-state index contributed by atoms with van der Waals surface area (Å²) in [7, 11) is 0. The number of aliphatic carboxylic acids is 1. The molecule has 100 valence electrons. The Hall–Kier alpha value is -1.76. The second-order valence-corrected chi connectivity index (χ2v) is 5.57. The van der Waals surface area contributed by atoms with E-state index in [2.05, 4.69) is 15.0 Å². The Labute approximate surface area is 114 Å². The quantitative estimate of drug-likeness (QED) is 0.889. The zero-order chi connectivity index (χ0) is 13.5. The molecule has 0 spiro atoms. The molecule has 1 unspecified atom stereocenters. The van der Waals surface area contributed by atoms with Gasteiger partial charge in [-0.1, -0.05) is 0 Å². The molecule has 7 heteroatoms. The van der Waals surface area contributed by atoms with Crippen LogP contribution in [0.1, 0.15) is 12.8 Å². The van der Waals surface area contributed by atoms with Crippen LogP contribution in [0.5, 0.6) is 0 Å². The molecule has 3 rings (SSSR count). The predicted octanol–water partition coefficient (Wildman–Crippen LogP) is 1.70. The zero-order valence-electron chi connectivity index (χ0n) is 10.5. The lowest BCUT2D eigenvalue weighted by Gasteiger charge is -2.34. The normalized spacial score (nSPS) is 23.1. The molecule has 0 aliphatic carbocycles. The maximum absolute atomic E-state index is 11.7. The number of nitrogens with one attached hydrogen (secondary N) is 1. The van der Waals surface area contributed by atoms with Gasteiger partial charge in [-0.25, -0.2) is 14.8 Å². The standard InChI is InChI=1S/C12H14N4O2S/c1-19-12(11(17)18)4-2-6-16(12)10-8-3-5-13-9(8)14-7-15-10/h3,5,7H,2,4,6H2,1H3,(H,17,18)(H,13,14,15). The summed E-state index contributed by atoms with van der Waals surface area (Å²) < 4.78 is 0. The Balaban J connectivity index is 2.15. The number of H-pyrrole nitrogens is 1. The fourth-order valence-corrected chi connectivity index (χ4v) is 3.59. The zero-order valence-corrected chi connectivity index (χ0v) is 11.3. The van der Waals surface area contributed by atoms with Crippen molar-refractivity contribution in [2.24, 2.45) is 0 Å². The Kier molecular flexibility index (Phi) is 2.85. The van der Waals surface area contributed by atoms with Crippen molar-refractivity contribution in [3.63, 3.8) is 0 Å². The van der Waals surface area contributed by atoms with Crippen LogP contribution in [0.3, 0.4) is 0 Å². The van der Waals surface area contributed by atoms with Gasteiger partial charge in [-0.15, -0.1) is 11.8 Å². The second kappa shape index (κ2) is 4.41. The number of hydrogen-bond donors (Lipinski definition) is 2. The van der Waals surface area contributed by atoms with Crippen molar-refractivity contribution < 1.29 is 9.90 Å². The van der Waals surface area contributed by atoms with E-state index in [1.54, 1.807) is 6.20 Å². The summed E-state index contributed by atoms with van der Waals surface area (Å²) in [5, 5.41) is 10.5. The third kappa shape index (κ3) is 1.68. The Bertz CT molecular complexity index is 629. The van der Waals surface area contributed by atoms with Crippen molar-refractivity contribution in [2.75, 3.05) is 17.7 Å². The Morgan fingerprint density at radius 1 is 1.58 bits per heavy atom. The van der Waals surface area contributed by atoms with E-state index in [0.29, 0.717) is 18.8 Å². The van der Waals surface area contributed by atoms with Crippen LogP contribution in [-0.4, -0.2) is 43.7 Å². The molecule has 0 bridgehead atoms. The number of nitrogens with zero attached hydrogens (tertiary/aromatic N) is 3. The molecule has 2 aromatic rings. The summed E-state index contributed by atoms with van der Waals surface area (Å²) in [6.45, 7) is 0.699. The molecule has 3 heterocycles. The van der Waals surface area contributed by atoms with Crippen LogP contribution in [0.25, 0.3) is 11.0 Å². The maximum atomic E-state index is 11.7. The fourth-order valence-electron chi connectivity index (χ4n) is 2.67. The van der Waals surface area contributed by atoms with Crippen molar-refractivity contribution in [1.82, 2.24) is 15.0 Å². The van der Waals surface area contributed by atoms with E-state index in [0.717, 1.165) is 17.5 Å². The lowest BCUT2D eigenvalue weighted by atomic mass is 10.2. The van der Waals surface area contributed by atoms with Gasteiger partial charge in [-0.3, -0.25) is 0 Å². The van der Waals surface area contributed by atoms with Crippen LogP contribution in [-0.2, 0) is 4.79 Å². The van der Waals surface area contributed by atoms with E-state index in [4.69, 9.17) is 0 Å². The van der Waals surface area contributed by atoms with Gasteiger partial charge in [0.25, 0.3) is 0 Å². The summed E-state index contributed by atoms with van der Waals surface area (Å²) >= 11 is 1.36. The van der Waals surface area contributed by atoms with Crippen LogP contribution < -0.4 is 4.90 Å². The molecule has 0 amide bonds. The maximum Gasteiger partial charge on any atom is 0.340 e. The smallest absolute Gasteiger partial charge is 0.340 e. The number of aromatic nitrogens is 3. The Morgan fingerprint density at radius 2 is 2.42 bits per heavy atom. The molecule has 0 aromatic carbocycles. The van der Waals surface area contributed by atoms with Gasteiger partial charge < -0.3 is 15.0 Å². The van der Waals surface area contributed by atoms with Crippen LogP contribution in [0.2, 0.25) is 0 Å². The molecule has 1 atom stereocenters. The number of carbonyl (C=O) groups is 1. The topological polar surface area (TPSA) is 82.1 Å². The molecule has 1 saturated heterocycles. The highest BCUT2D eigenvalue weighted by Gasteiger charge is 2.48. The molecule has 0 saturated carbocycles. The predicted molar refractivity (Wildman–Crippen MR) is 74.4 cm³/mol. The monoisotopic (exact) mass is 278 g/mol. The average molecular weight is 278 g/mol. The van der Waals surface area contributed by atoms with Gasteiger partial charge in [0, 0.05) is 12.7 Å². The number of hydrogen-bond acceptors (Lipinski definition) is 5. The highest BCUT2D eigenvalue weighted by molar-refractivity contribution is 8.00. The lowest BCUT2D eigenvalue weighted by molar-refractivity contribution is -0.139. The average Bonchev–Trinajstić information content (AvgIpc) is 3.05. The van der Waals surface area contributed by atoms with Gasteiger partial charge in [0.1, 0.15) is 17.8 Å². The van der Waals surface area contributed by atoms with E-state index in [-0.39, 0.29) is 0 Å². The molecule has 2 N–H and O–H groups in total. The van der Waals surface area contributed by atoms with Crippen molar-refractivity contribution in [2.45, 2.75) is 17.7 Å². The molecule has 6 nitrogen and oxygen atoms in total. The minimum Gasteiger partial charge on any atom is -0.479 e. The second-order valence-electron chi connectivity index (χ2n) is 4.49. The van der Waals surface area contributed by atoms with Gasteiger partial charge in [0.05, 0.1) is 5.39 Å². The number of thioether (sulfide) groups is 1. The van der Waals surface area contributed by atoms with E-state index in [1.807, 2.05) is 17.2 Å². The number of rotatable bonds is 3. The fraction of sp³-hybridized carbons (Fsp3) is 0.417. The molecule has 1 aliphatic heterocycles. The molecular weight excluding hydrogens is 264 g/mol. The summed E-state index contributed by atoms with van der Waals surface area (Å²) in [6, 6.07) is 1.88. The van der Waals surface area contributed by atoms with Gasteiger partial charge in [-0.2, -0.15) is 0 Å². The highest BCUT2D eigenvalue weighted by Crippen LogP contribution is 2.42. The van der Waals surface area contributed by atoms with Crippen LogP contribution in [0.15, 0.2) is 18.6 Å². The Morgan fingerprint density at radius 3 is 3.16 bits per heavy atom. The molecule has 19 heavy (non-hydrogen) atoms. The number of carboxylic acids is 1. The summed E-state index contributed by atoms with van der Waals surface area (Å²) in [6.07, 6.45) is 6.57. The molecule has 1 aliphatic rings. The first kappa shape index (κ1) is 12.3. The highest BCUT2D eigenvalue weighted by atomic mass is 32.2. The first-order valence-electron chi connectivity index (χ1n) is 6.03.